The first-order valence-corrected chi connectivity index (χ1v) is 6.11. The number of nitrogens with zero attached hydrogens (tertiary/aromatic N) is 1. The van der Waals surface area contributed by atoms with Gasteiger partial charge in [-0.15, -0.1) is 0 Å². The van der Waals surface area contributed by atoms with E-state index in [1.807, 2.05) is 0 Å². The van der Waals surface area contributed by atoms with E-state index in [0.29, 0.717) is 10.7 Å². The molecule has 1 unspecified atom stereocenters. The zero-order chi connectivity index (χ0) is 12.9. The number of hydrogen-bond donors (Lipinski definition) is 1. The second-order valence-electron chi connectivity index (χ2n) is 4.61. The highest BCUT2D eigenvalue weighted by Crippen LogP contribution is 2.38. The minimum absolute atomic E-state index is 0.0450. The molecule has 0 aromatic carbocycles. The van der Waals surface area contributed by atoms with Crippen LogP contribution in [0, 0.1) is 11.8 Å². The molecule has 1 amide bonds. The Morgan fingerprint density at radius 2 is 2.11 bits per heavy atom. The Balaban J connectivity index is 2.08. The summed E-state index contributed by atoms with van der Waals surface area (Å²) in [4.78, 5) is 27.9. The number of ketones is 1. The van der Waals surface area contributed by atoms with E-state index in [4.69, 9.17) is 11.6 Å². The van der Waals surface area contributed by atoms with Crippen LogP contribution in [0.25, 0.3) is 0 Å². The monoisotopic (exact) mass is 263 g/mol. The summed E-state index contributed by atoms with van der Waals surface area (Å²) in [6.45, 7) is 0. The molecule has 1 aliphatic heterocycles. The van der Waals surface area contributed by atoms with Gasteiger partial charge in [0.15, 0.2) is 5.78 Å². The number of Topliss-reactive ketones (excluding diaryl/α,β-unsaturated/α-hetero) is 1. The van der Waals surface area contributed by atoms with E-state index in [1.165, 1.54) is 6.08 Å². The topological polar surface area (TPSA) is 66.7 Å². The number of aliphatic hydroxyl groups excluding tert-OH is 1. The van der Waals surface area contributed by atoms with Gasteiger partial charge in [-0.25, -0.2) is 4.99 Å². The molecular formula is C13H10ClNO3. The highest BCUT2D eigenvalue weighted by molar-refractivity contribution is 6.38. The molecule has 0 radical (unpaired) electrons. The second-order valence-corrected chi connectivity index (χ2v) is 5.04. The fraction of sp³-hybridized carbons (Fsp3) is 0.308. The van der Waals surface area contributed by atoms with Crippen molar-refractivity contribution in [3.8, 4) is 0 Å². The summed E-state index contributed by atoms with van der Waals surface area (Å²) in [5.41, 5.74) is 0.201. The molecule has 18 heavy (non-hydrogen) atoms. The predicted molar refractivity (Wildman–Crippen MR) is 66.4 cm³/mol. The van der Waals surface area contributed by atoms with Gasteiger partial charge in [-0.1, -0.05) is 17.7 Å². The van der Waals surface area contributed by atoms with Crippen molar-refractivity contribution in [1.82, 2.24) is 0 Å². The number of carbonyl (C=O) groups is 2. The van der Waals surface area contributed by atoms with Crippen LogP contribution < -0.4 is 0 Å². The van der Waals surface area contributed by atoms with Gasteiger partial charge in [0.2, 0.25) is 0 Å². The fourth-order valence-corrected chi connectivity index (χ4v) is 2.30. The van der Waals surface area contributed by atoms with Crippen molar-refractivity contribution in [3.05, 3.63) is 34.6 Å². The molecule has 0 bridgehead atoms. The fourth-order valence-electron chi connectivity index (χ4n) is 2.12. The van der Waals surface area contributed by atoms with Gasteiger partial charge in [0.05, 0.1) is 11.6 Å². The summed E-state index contributed by atoms with van der Waals surface area (Å²) in [6, 6.07) is 0. The molecular weight excluding hydrogens is 254 g/mol. The third-order valence-electron chi connectivity index (χ3n) is 3.25. The number of carbonyl (C=O) groups excluding carboxylic acids is 2. The second kappa shape index (κ2) is 3.92. The van der Waals surface area contributed by atoms with Crippen LogP contribution in [-0.4, -0.2) is 22.5 Å². The Morgan fingerprint density at radius 3 is 2.78 bits per heavy atom. The number of rotatable bonds is 1. The first-order valence-electron chi connectivity index (χ1n) is 5.73. The molecule has 0 aromatic rings. The van der Waals surface area contributed by atoms with Crippen LogP contribution >= 0.6 is 11.6 Å². The van der Waals surface area contributed by atoms with Crippen molar-refractivity contribution in [3.63, 3.8) is 0 Å². The smallest absolute Gasteiger partial charge is 0.284 e. The van der Waals surface area contributed by atoms with Crippen LogP contribution in [0.3, 0.4) is 0 Å². The maximum atomic E-state index is 12.2. The van der Waals surface area contributed by atoms with Crippen LogP contribution in [0.5, 0.6) is 0 Å². The first-order chi connectivity index (χ1) is 8.58. The lowest BCUT2D eigenvalue weighted by molar-refractivity contribution is -0.122. The van der Waals surface area contributed by atoms with Gasteiger partial charge in [0.1, 0.15) is 11.3 Å². The van der Waals surface area contributed by atoms with E-state index in [9.17, 15) is 14.7 Å². The number of halogens is 1. The normalized spacial score (nSPS) is 29.7. The van der Waals surface area contributed by atoms with Gasteiger partial charge in [-0.2, -0.15) is 0 Å². The quantitative estimate of drug-likeness (QED) is 0.447. The summed E-state index contributed by atoms with van der Waals surface area (Å²) < 4.78 is 0. The number of fused-ring (bicyclic) bond motifs is 1. The third kappa shape index (κ3) is 1.73. The maximum Gasteiger partial charge on any atom is 0.284 e. The minimum atomic E-state index is -0.660. The van der Waals surface area contributed by atoms with Crippen molar-refractivity contribution < 1.29 is 14.7 Å². The Hall–Kier alpha value is -1.68. The lowest BCUT2D eigenvalue weighted by atomic mass is 9.86. The minimum Gasteiger partial charge on any atom is -0.511 e. The first kappa shape index (κ1) is 11.4. The molecule has 1 fully saturated rings. The number of aliphatic imine (C=N–C) groups is 1. The number of allylic oxidation sites excluding steroid dienone is 5. The molecule has 1 heterocycles. The van der Waals surface area contributed by atoms with Crippen molar-refractivity contribution in [2.24, 2.45) is 16.8 Å². The van der Waals surface area contributed by atoms with Crippen LogP contribution in [0.15, 0.2) is 39.6 Å². The van der Waals surface area contributed by atoms with Crippen molar-refractivity contribution >= 4 is 29.0 Å². The average molecular weight is 264 g/mol. The average Bonchev–Trinajstić information content (AvgIpc) is 3.11. The lowest BCUT2D eigenvalue weighted by Crippen LogP contribution is -2.33. The van der Waals surface area contributed by atoms with E-state index >= 15 is 0 Å². The Labute approximate surface area is 108 Å². The van der Waals surface area contributed by atoms with Gasteiger partial charge >= 0.3 is 0 Å². The maximum absolute atomic E-state index is 12.2. The highest BCUT2D eigenvalue weighted by atomic mass is 35.5. The Bertz CT molecular complexity index is 579. The molecule has 5 heteroatoms. The predicted octanol–water partition coefficient (Wildman–Crippen LogP) is 2.07. The lowest BCUT2D eigenvalue weighted by Gasteiger charge is -2.21. The zero-order valence-corrected chi connectivity index (χ0v) is 10.1. The molecule has 0 spiro atoms. The molecule has 0 aromatic heterocycles. The van der Waals surface area contributed by atoms with Gasteiger partial charge in [0, 0.05) is 11.0 Å². The third-order valence-corrected chi connectivity index (χ3v) is 3.48. The molecule has 92 valence electrons. The Morgan fingerprint density at radius 1 is 1.39 bits per heavy atom. The van der Waals surface area contributed by atoms with Crippen molar-refractivity contribution in [2.75, 3.05) is 0 Å². The van der Waals surface area contributed by atoms with E-state index in [2.05, 4.69) is 4.99 Å². The Kier molecular flexibility index (Phi) is 2.48. The number of hydrogen-bond acceptors (Lipinski definition) is 3. The summed E-state index contributed by atoms with van der Waals surface area (Å²) >= 11 is 5.80. The van der Waals surface area contributed by atoms with E-state index < -0.39 is 11.8 Å². The summed E-state index contributed by atoms with van der Waals surface area (Å²) in [7, 11) is 0. The molecule has 3 aliphatic rings. The molecule has 1 atom stereocenters. The van der Waals surface area contributed by atoms with E-state index in [0.717, 1.165) is 12.8 Å². The van der Waals surface area contributed by atoms with Crippen molar-refractivity contribution in [1.29, 1.82) is 0 Å². The van der Waals surface area contributed by atoms with Gasteiger partial charge < -0.3 is 5.11 Å². The number of amides is 1. The largest absolute Gasteiger partial charge is 0.511 e. The standard InChI is InChI=1S/C13H10ClNO3/c14-7-3-4-8-9(5-7)15-13(18)10(12(8)17)11(16)6-1-2-6/h3-6,8,16H,1-2H2/b11-10+. The van der Waals surface area contributed by atoms with Crippen molar-refractivity contribution in [2.45, 2.75) is 12.8 Å². The molecule has 3 rings (SSSR count). The summed E-state index contributed by atoms with van der Waals surface area (Å²) in [6.07, 6.45) is 6.35. The summed E-state index contributed by atoms with van der Waals surface area (Å²) in [5, 5.41) is 10.3. The highest BCUT2D eigenvalue weighted by Gasteiger charge is 2.40. The van der Waals surface area contributed by atoms with E-state index in [-0.39, 0.29) is 23.0 Å². The molecule has 1 N–H and O–H groups in total. The SMILES string of the molecule is O=C1N=C2C=C(Cl)C=CC2C(=O)/C1=C(\O)C1CC1. The summed E-state index contributed by atoms with van der Waals surface area (Å²) in [5.74, 6) is -1.78. The van der Waals surface area contributed by atoms with Crippen LogP contribution in [0.2, 0.25) is 0 Å². The van der Waals surface area contributed by atoms with E-state index in [1.54, 1.807) is 12.2 Å². The molecule has 2 aliphatic carbocycles. The molecule has 1 saturated carbocycles. The number of aliphatic hydroxyl groups is 1. The molecule has 4 nitrogen and oxygen atoms in total. The van der Waals surface area contributed by atoms with Gasteiger partial charge in [-0.05, 0) is 25.0 Å². The van der Waals surface area contributed by atoms with Gasteiger partial charge in [-0.3, -0.25) is 9.59 Å². The van der Waals surface area contributed by atoms with Crippen LogP contribution in [0.1, 0.15) is 12.8 Å². The van der Waals surface area contributed by atoms with Gasteiger partial charge in [0.25, 0.3) is 5.91 Å². The molecule has 0 saturated heterocycles. The van der Waals surface area contributed by atoms with Crippen LogP contribution in [-0.2, 0) is 9.59 Å². The van der Waals surface area contributed by atoms with Crippen LogP contribution in [0.4, 0.5) is 0 Å². The zero-order valence-electron chi connectivity index (χ0n) is 9.39.